The fourth-order valence-electron chi connectivity index (χ4n) is 2.43. The molecule has 0 saturated carbocycles. The Labute approximate surface area is 101 Å². The number of carbonyl (C=O) groups is 1. The molecule has 5 nitrogen and oxygen atoms in total. The van der Waals surface area contributed by atoms with Crippen molar-refractivity contribution in [2.45, 2.75) is 32.2 Å². The number of hydrogen-bond donors (Lipinski definition) is 1. The third-order valence-electron chi connectivity index (χ3n) is 3.47. The van der Waals surface area contributed by atoms with Crippen molar-refractivity contribution in [3.8, 4) is 0 Å². The first-order valence-electron chi connectivity index (χ1n) is 6.01. The largest absolute Gasteiger partial charge is 0.481 e. The van der Waals surface area contributed by atoms with E-state index in [0.717, 1.165) is 30.8 Å². The topological polar surface area (TPSA) is 58.4 Å². The smallest absolute Gasteiger partial charge is 0.303 e. The second-order valence-corrected chi connectivity index (χ2v) is 4.80. The molecule has 0 radical (unpaired) electrons. The minimum absolute atomic E-state index is 0.178. The first-order chi connectivity index (χ1) is 8.08. The van der Waals surface area contributed by atoms with Gasteiger partial charge in [-0.25, -0.2) is 0 Å². The van der Waals surface area contributed by atoms with Crippen LogP contribution in [0.25, 0.3) is 0 Å². The van der Waals surface area contributed by atoms with E-state index >= 15 is 0 Å². The minimum atomic E-state index is -0.752. The van der Waals surface area contributed by atoms with Gasteiger partial charge in [0.05, 0.1) is 12.2 Å². The van der Waals surface area contributed by atoms with Gasteiger partial charge in [0.1, 0.15) is 0 Å². The van der Waals surface area contributed by atoms with E-state index in [0.29, 0.717) is 12.5 Å². The van der Waals surface area contributed by atoms with Crippen molar-refractivity contribution in [2.75, 3.05) is 20.1 Å². The standard InChI is InChI=1S/C12H19N3O2/c1-9-10(3-4-12(16)17)7-13-15(9)11-5-6-14(2)8-11/h7,11H,3-6,8H2,1-2H3,(H,16,17). The summed E-state index contributed by atoms with van der Waals surface area (Å²) < 4.78 is 2.06. The Balaban J connectivity index is 2.07. The summed E-state index contributed by atoms with van der Waals surface area (Å²) in [7, 11) is 2.12. The highest BCUT2D eigenvalue weighted by Crippen LogP contribution is 2.23. The number of likely N-dealkylation sites (N-methyl/N-ethyl adjacent to an activating group) is 1. The van der Waals surface area contributed by atoms with Crippen molar-refractivity contribution >= 4 is 5.97 Å². The van der Waals surface area contributed by atoms with E-state index in [4.69, 9.17) is 5.11 Å². The summed E-state index contributed by atoms with van der Waals surface area (Å²) in [6.45, 7) is 4.16. The predicted molar refractivity (Wildman–Crippen MR) is 64.1 cm³/mol. The number of nitrogens with zero attached hydrogens (tertiary/aromatic N) is 3. The highest BCUT2D eigenvalue weighted by molar-refractivity contribution is 5.67. The van der Waals surface area contributed by atoms with Crippen LogP contribution < -0.4 is 0 Å². The molecule has 0 spiro atoms. The molecule has 0 amide bonds. The Hall–Kier alpha value is -1.36. The molecule has 5 heteroatoms. The normalized spacial score (nSPS) is 20.9. The molecule has 2 rings (SSSR count). The van der Waals surface area contributed by atoms with Gasteiger partial charge in [0.2, 0.25) is 0 Å². The van der Waals surface area contributed by atoms with Gasteiger partial charge in [-0.2, -0.15) is 5.10 Å². The van der Waals surface area contributed by atoms with Crippen LogP contribution >= 0.6 is 0 Å². The number of aryl methyl sites for hydroxylation is 1. The van der Waals surface area contributed by atoms with Crippen molar-refractivity contribution in [1.29, 1.82) is 0 Å². The predicted octanol–water partition coefficient (Wildman–Crippen LogP) is 1.09. The Kier molecular flexibility index (Phi) is 3.47. The average Bonchev–Trinajstić information content (AvgIpc) is 2.82. The van der Waals surface area contributed by atoms with E-state index in [9.17, 15) is 4.79 Å². The monoisotopic (exact) mass is 237 g/mol. The average molecular weight is 237 g/mol. The molecule has 17 heavy (non-hydrogen) atoms. The van der Waals surface area contributed by atoms with Crippen LogP contribution in [0.15, 0.2) is 6.20 Å². The lowest BCUT2D eigenvalue weighted by Crippen LogP contribution is -2.18. The van der Waals surface area contributed by atoms with Gasteiger partial charge in [0.25, 0.3) is 0 Å². The van der Waals surface area contributed by atoms with Crippen LogP contribution in [0.5, 0.6) is 0 Å². The maximum Gasteiger partial charge on any atom is 0.303 e. The molecular formula is C12H19N3O2. The molecule has 1 aromatic rings. The molecule has 2 heterocycles. The number of aromatic nitrogens is 2. The van der Waals surface area contributed by atoms with Gasteiger partial charge < -0.3 is 10.0 Å². The summed E-state index contributed by atoms with van der Waals surface area (Å²) in [6.07, 6.45) is 3.69. The SMILES string of the molecule is Cc1c(CCC(=O)O)cnn1C1CCN(C)C1. The molecule has 1 atom stereocenters. The number of hydrogen-bond acceptors (Lipinski definition) is 3. The van der Waals surface area contributed by atoms with Crippen LogP contribution in [0.2, 0.25) is 0 Å². The summed E-state index contributed by atoms with van der Waals surface area (Å²) >= 11 is 0. The molecule has 1 N–H and O–H groups in total. The molecule has 0 aromatic carbocycles. The summed E-state index contributed by atoms with van der Waals surface area (Å²) in [5, 5.41) is 13.1. The van der Waals surface area contributed by atoms with Crippen LogP contribution in [0.3, 0.4) is 0 Å². The van der Waals surface area contributed by atoms with Crippen LogP contribution in [-0.4, -0.2) is 45.9 Å². The Morgan fingerprint density at radius 3 is 3.00 bits per heavy atom. The lowest BCUT2D eigenvalue weighted by atomic mass is 10.1. The highest BCUT2D eigenvalue weighted by atomic mass is 16.4. The summed E-state index contributed by atoms with van der Waals surface area (Å²) in [4.78, 5) is 12.9. The number of aliphatic carboxylic acids is 1. The van der Waals surface area contributed by atoms with Gasteiger partial charge in [0, 0.05) is 18.7 Å². The van der Waals surface area contributed by atoms with Crippen molar-refractivity contribution in [1.82, 2.24) is 14.7 Å². The number of carboxylic acid groups (broad SMARTS) is 1. The molecule has 1 aliphatic rings. The summed E-state index contributed by atoms with van der Waals surface area (Å²) in [6, 6.07) is 0.443. The first-order valence-corrected chi connectivity index (χ1v) is 6.01. The number of carboxylic acids is 1. The molecular weight excluding hydrogens is 218 g/mol. The first kappa shape index (κ1) is 12.1. The van der Waals surface area contributed by atoms with Crippen molar-refractivity contribution in [3.63, 3.8) is 0 Å². The van der Waals surface area contributed by atoms with Crippen LogP contribution in [0.1, 0.15) is 30.1 Å². The number of likely N-dealkylation sites (tertiary alicyclic amines) is 1. The molecule has 1 unspecified atom stereocenters. The van der Waals surface area contributed by atoms with Gasteiger partial charge in [-0.15, -0.1) is 0 Å². The van der Waals surface area contributed by atoms with Crippen LogP contribution in [-0.2, 0) is 11.2 Å². The quantitative estimate of drug-likeness (QED) is 0.851. The third kappa shape index (κ3) is 2.66. The van der Waals surface area contributed by atoms with E-state index in [2.05, 4.69) is 21.7 Å². The third-order valence-corrected chi connectivity index (χ3v) is 3.47. The van der Waals surface area contributed by atoms with Gasteiger partial charge >= 0.3 is 5.97 Å². The van der Waals surface area contributed by atoms with Crippen molar-refractivity contribution < 1.29 is 9.90 Å². The van der Waals surface area contributed by atoms with Gasteiger partial charge in [0.15, 0.2) is 0 Å². The molecule has 1 saturated heterocycles. The maximum atomic E-state index is 10.6. The Bertz CT molecular complexity index is 414. The highest BCUT2D eigenvalue weighted by Gasteiger charge is 2.23. The maximum absolute atomic E-state index is 10.6. The molecule has 0 aliphatic carbocycles. The minimum Gasteiger partial charge on any atom is -0.481 e. The molecule has 1 aliphatic heterocycles. The van der Waals surface area contributed by atoms with Gasteiger partial charge in [-0.05, 0) is 38.9 Å². The van der Waals surface area contributed by atoms with Gasteiger partial charge in [-0.3, -0.25) is 9.48 Å². The van der Waals surface area contributed by atoms with Crippen LogP contribution in [0.4, 0.5) is 0 Å². The Morgan fingerprint density at radius 2 is 2.41 bits per heavy atom. The second-order valence-electron chi connectivity index (χ2n) is 4.80. The van der Waals surface area contributed by atoms with E-state index in [1.165, 1.54) is 0 Å². The molecule has 0 bridgehead atoms. The van der Waals surface area contributed by atoms with E-state index in [1.807, 2.05) is 13.1 Å². The lowest BCUT2D eigenvalue weighted by Gasteiger charge is -2.13. The van der Waals surface area contributed by atoms with Gasteiger partial charge in [-0.1, -0.05) is 0 Å². The molecule has 1 fully saturated rings. The zero-order valence-electron chi connectivity index (χ0n) is 10.4. The summed E-state index contributed by atoms with van der Waals surface area (Å²) in [5.74, 6) is -0.752. The fourth-order valence-corrected chi connectivity index (χ4v) is 2.43. The van der Waals surface area contributed by atoms with E-state index in [-0.39, 0.29) is 6.42 Å². The van der Waals surface area contributed by atoms with Crippen molar-refractivity contribution in [2.24, 2.45) is 0 Å². The second kappa shape index (κ2) is 4.87. The lowest BCUT2D eigenvalue weighted by molar-refractivity contribution is -0.136. The zero-order valence-corrected chi connectivity index (χ0v) is 10.4. The van der Waals surface area contributed by atoms with Crippen molar-refractivity contribution in [3.05, 3.63) is 17.5 Å². The Morgan fingerprint density at radius 1 is 1.65 bits per heavy atom. The molecule has 94 valence electrons. The fraction of sp³-hybridized carbons (Fsp3) is 0.667. The van der Waals surface area contributed by atoms with E-state index in [1.54, 1.807) is 0 Å². The van der Waals surface area contributed by atoms with E-state index < -0.39 is 5.97 Å². The summed E-state index contributed by atoms with van der Waals surface area (Å²) in [5.41, 5.74) is 2.17. The number of rotatable bonds is 4. The zero-order chi connectivity index (χ0) is 12.4. The van der Waals surface area contributed by atoms with Crippen LogP contribution in [0, 0.1) is 6.92 Å². The molecule has 1 aromatic heterocycles.